The van der Waals surface area contributed by atoms with E-state index in [0.717, 1.165) is 4.90 Å². The first-order chi connectivity index (χ1) is 12.3. The molecule has 0 bridgehead atoms. The molecule has 3 aliphatic rings. The summed E-state index contributed by atoms with van der Waals surface area (Å²) in [4.78, 5) is 15.7. The number of hydrogen-bond donors (Lipinski definition) is 8. The first-order valence-electron chi connectivity index (χ1n) is 7.29. The second kappa shape index (κ2) is 5.78. The minimum Gasteiger partial charge on any atom is -0.447 e. The second-order valence-corrected chi connectivity index (χ2v) is 7.11. The Morgan fingerprint density at radius 3 is 2.67 bits per heavy atom. The lowest BCUT2D eigenvalue weighted by Crippen LogP contribution is -2.80. The van der Waals surface area contributed by atoms with E-state index in [-0.39, 0.29) is 5.96 Å². The summed E-state index contributed by atoms with van der Waals surface area (Å²) in [5.74, 6) is -4.16. The van der Waals surface area contributed by atoms with Crippen LogP contribution in [0.1, 0.15) is 0 Å². The molecule has 3 aliphatic heterocycles. The number of nitrogens with zero attached hydrogens (tertiary/aromatic N) is 3. The van der Waals surface area contributed by atoms with Crippen LogP contribution in [0, 0.1) is 5.41 Å². The number of carbonyl (C=O) groups is 1. The zero-order valence-electron chi connectivity index (χ0n) is 13.4. The molecule has 27 heavy (non-hydrogen) atoms. The molecule has 3 heterocycles. The standard InChI is InChI=1S/C10H17N7O9S/c11-6-14-5-3(2-25-8(13)18)17(21)7(12)16-1-4(26-27(22,23)24)10(19,20)9(5,16)15-6/h3-5,12,19-21H,1-2H2,(H2,13,18)(H3,11,14,15)(H,22,23,24)/t3-,4+,5-,9-/m0/s1. The third-order valence-corrected chi connectivity index (χ3v) is 5.07. The maximum atomic E-state index is 11.1. The Morgan fingerprint density at radius 2 is 2.11 bits per heavy atom. The molecule has 10 N–H and O–H groups in total. The fourth-order valence-corrected chi connectivity index (χ4v) is 4.06. The number of primary amides is 1. The maximum Gasteiger partial charge on any atom is 0.404 e. The van der Waals surface area contributed by atoms with Gasteiger partial charge < -0.3 is 36.6 Å². The van der Waals surface area contributed by atoms with Crippen molar-refractivity contribution in [1.29, 1.82) is 5.41 Å². The van der Waals surface area contributed by atoms with Gasteiger partial charge in [-0.05, 0) is 0 Å². The number of amides is 1. The van der Waals surface area contributed by atoms with Gasteiger partial charge >= 0.3 is 16.5 Å². The van der Waals surface area contributed by atoms with Gasteiger partial charge in [-0.1, -0.05) is 0 Å². The summed E-state index contributed by atoms with van der Waals surface area (Å²) in [6.07, 6.45) is -3.19. The van der Waals surface area contributed by atoms with E-state index in [0.29, 0.717) is 5.06 Å². The number of guanidine groups is 2. The van der Waals surface area contributed by atoms with E-state index < -0.39 is 65.2 Å². The largest absolute Gasteiger partial charge is 0.447 e. The fraction of sp³-hybridized carbons (Fsp3) is 0.700. The first kappa shape index (κ1) is 19.3. The van der Waals surface area contributed by atoms with E-state index in [2.05, 4.69) is 19.2 Å². The molecule has 2 saturated heterocycles. The van der Waals surface area contributed by atoms with E-state index in [4.69, 9.17) is 21.4 Å². The lowest BCUT2D eigenvalue weighted by Gasteiger charge is -2.52. The molecule has 0 aromatic carbocycles. The minimum absolute atomic E-state index is 0.321. The molecule has 0 radical (unpaired) electrons. The van der Waals surface area contributed by atoms with Gasteiger partial charge in [-0.15, -0.1) is 0 Å². The Kier molecular flexibility index (Phi) is 4.13. The predicted molar refractivity (Wildman–Crippen MR) is 82.2 cm³/mol. The van der Waals surface area contributed by atoms with Gasteiger partial charge in [-0.25, -0.2) is 19.0 Å². The van der Waals surface area contributed by atoms with Crippen molar-refractivity contribution < 1.29 is 42.1 Å². The number of hydrogen-bond acceptors (Lipinski definition) is 12. The Morgan fingerprint density at radius 1 is 1.48 bits per heavy atom. The lowest BCUT2D eigenvalue weighted by molar-refractivity contribution is -0.265. The average Bonchev–Trinajstić information content (AvgIpc) is 2.96. The van der Waals surface area contributed by atoms with E-state index in [1.165, 1.54) is 0 Å². The van der Waals surface area contributed by atoms with Crippen LogP contribution in [0.3, 0.4) is 0 Å². The quantitative estimate of drug-likeness (QED) is 0.160. The molecule has 1 amide bonds. The average molecular weight is 411 g/mol. The van der Waals surface area contributed by atoms with Gasteiger partial charge in [0.15, 0.2) is 17.7 Å². The van der Waals surface area contributed by atoms with Crippen LogP contribution in [0.15, 0.2) is 4.99 Å². The van der Waals surface area contributed by atoms with Crippen LogP contribution in [-0.4, -0.2) is 99.2 Å². The van der Waals surface area contributed by atoms with Gasteiger partial charge in [0.25, 0.3) is 0 Å². The van der Waals surface area contributed by atoms with Crippen LogP contribution in [0.2, 0.25) is 0 Å². The van der Waals surface area contributed by atoms with Crippen LogP contribution >= 0.6 is 0 Å². The summed E-state index contributed by atoms with van der Waals surface area (Å²) < 4.78 is 39.9. The molecule has 3 rings (SSSR count). The van der Waals surface area contributed by atoms with Gasteiger partial charge in [-0.3, -0.25) is 15.2 Å². The number of carbonyl (C=O) groups excluding carboxylic acids is 1. The number of nitrogens with one attached hydrogen (secondary N) is 2. The molecule has 0 aromatic heterocycles. The van der Waals surface area contributed by atoms with Crippen molar-refractivity contribution in [2.45, 2.75) is 29.6 Å². The first-order valence-corrected chi connectivity index (χ1v) is 8.66. The predicted octanol–water partition coefficient (Wildman–Crippen LogP) is -4.74. The Balaban J connectivity index is 2.07. The zero-order chi connectivity index (χ0) is 20.4. The number of nitrogens with two attached hydrogens (primary N) is 2. The van der Waals surface area contributed by atoms with Crippen molar-refractivity contribution in [2.24, 2.45) is 16.5 Å². The van der Waals surface area contributed by atoms with E-state index in [1.807, 2.05) is 0 Å². The summed E-state index contributed by atoms with van der Waals surface area (Å²) in [6, 6.07) is -2.74. The molecular weight excluding hydrogens is 394 g/mol. The number of rotatable bonds is 4. The Hall–Kier alpha value is -2.44. The van der Waals surface area contributed by atoms with Crippen molar-refractivity contribution in [3.63, 3.8) is 0 Å². The molecule has 2 fully saturated rings. The normalized spacial score (nSPS) is 34.6. The monoisotopic (exact) mass is 411 g/mol. The molecule has 16 nitrogen and oxygen atoms in total. The maximum absolute atomic E-state index is 11.1. The highest BCUT2D eigenvalue weighted by Gasteiger charge is 2.76. The SMILES string of the molecule is N=C1N(O)[C@@H](COC(N)=O)[C@@H]2N=C(N)N[C@]23N1C[C@@H](OS(=O)(=O)O)C3(O)O. The molecule has 0 unspecified atom stereocenters. The van der Waals surface area contributed by atoms with Gasteiger partial charge in [0.1, 0.15) is 18.7 Å². The topological polar surface area (TPSA) is 257 Å². The van der Waals surface area contributed by atoms with Gasteiger partial charge in [0.2, 0.25) is 11.7 Å². The highest BCUT2D eigenvalue weighted by molar-refractivity contribution is 7.80. The fourth-order valence-electron chi connectivity index (χ4n) is 3.57. The van der Waals surface area contributed by atoms with Crippen LogP contribution in [0.5, 0.6) is 0 Å². The van der Waals surface area contributed by atoms with Crippen LogP contribution in [0.25, 0.3) is 0 Å². The highest BCUT2D eigenvalue weighted by Crippen LogP contribution is 2.47. The molecule has 17 heteroatoms. The highest BCUT2D eigenvalue weighted by atomic mass is 32.3. The van der Waals surface area contributed by atoms with Crippen LogP contribution < -0.4 is 16.8 Å². The van der Waals surface area contributed by atoms with Crippen molar-refractivity contribution in [3.8, 4) is 0 Å². The summed E-state index contributed by atoms with van der Waals surface area (Å²) in [6.45, 7) is -1.29. The van der Waals surface area contributed by atoms with Crippen LogP contribution in [0.4, 0.5) is 4.79 Å². The van der Waals surface area contributed by atoms with Crippen LogP contribution in [-0.2, 0) is 19.3 Å². The third-order valence-electron chi connectivity index (χ3n) is 4.59. The Bertz CT molecular complexity index is 816. The van der Waals surface area contributed by atoms with E-state index >= 15 is 0 Å². The molecular formula is C10H17N7O9S. The lowest BCUT2D eigenvalue weighted by atomic mass is 9.85. The summed E-state index contributed by atoms with van der Waals surface area (Å²) >= 11 is 0. The van der Waals surface area contributed by atoms with E-state index in [1.54, 1.807) is 0 Å². The molecule has 0 aromatic rings. The summed E-state index contributed by atoms with van der Waals surface area (Å²) in [7, 11) is -5.11. The summed E-state index contributed by atoms with van der Waals surface area (Å²) in [5, 5.41) is 42.4. The third kappa shape index (κ3) is 2.71. The molecule has 1 spiro atoms. The molecule has 152 valence electrons. The summed E-state index contributed by atoms with van der Waals surface area (Å²) in [5.41, 5.74) is 8.34. The van der Waals surface area contributed by atoms with Gasteiger partial charge in [0, 0.05) is 0 Å². The smallest absolute Gasteiger partial charge is 0.404 e. The zero-order valence-corrected chi connectivity index (χ0v) is 14.2. The molecule has 0 saturated carbocycles. The molecule has 0 aliphatic carbocycles. The molecule has 4 atom stereocenters. The van der Waals surface area contributed by atoms with Gasteiger partial charge in [0.05, 0.1) is 6.54 Å². The number of aliphatic hydroxyl groups is 2. The van der Waals surface area contributed by atoms with Gasteiger partial charge in [-0.2, -0.15) is 8.42 Å². The van der Waals surface area contributed by atoms with Crippen molar-refractivity contribution in [1.82, 2.24) is 15.3 Å². The van der Waals surface area contributed by atoms with Crippen molar-refractivity contribution in [2.75, 3.05) is 13.2 Å². The Labute approximate surface area is 151 Å². The number of ether oxygens (including phenoxy) is 1. The van der Waals surface area contributed by atoms with Crippen molar-refractivity contribution in [3.05, 3.63) is 0 Å². The minimum atomic E-state index is -5.11. The van der Waals surface area contributed by atoms with E-state index in [9.17, 15) is 28.6 Å². The number of aliphatic imine (C=N–C) groups is 1. The van der Waals surface area contributed by atoms with Crippen molar-refractivity contribution >= 4 is 28.4 Å². The number of hydroxylamine groups is 2. The second-order valence-electron chi connectivity index (χ2n) is 6.07.